The number of nitrogens with one attached hydrogen (secondary N) is 1. The SMILES string of the molecule is Cc1ccc2c(Br)ccc(CN(C=N)C(N)=S)c2c1. The molecule has 0 heterocycles. The molecular weight excluding hydrogens is 322 g/mol. The molecule has 3 N–H and O–H groups in total. The van der Waals surface area contributed by atoms with E-state index in [1.54, 1.807) is 4.90 Å². The van der Waals surface area contributed by atoms with E-state index in [0.717, 1.165) is 27.1 Å². The Bertz CT molecular complexity index is 654. The number of rotatable bonds is 3. The number of hydrogen-bond donors (Lipinski definition) is 2. The maximum atomic E-state index is 7.36. The van der Waals surface area contributed by atoms with Gasteiger partial charge in [0.15, 0.2) is 5.11 Å². The van der Waals surface area contributed by atoms with Gasteiger partial charge in [-0.1, -0.05) is 45.8 Å². The third-order valence-electron chi connectivity index (χ3n) is 2.99. The molecule has 0 saturated carbocycles. The van der Waals surface area contributed by atoms with Gasteiger partial charge in [-0.05, 0) is 41.5 Å². The van der Waals surface area contributed by atoms with Gasteiger partial charge < -0.3 is 10.6 Å². The monoisotopic (exact) mass is 335 g/mol. The van der Waals surface area contributed by atoms with Gasteiger partial charge in [-0.15, -0.1) is 0 Å². The second kappa shape index (κ2) is 5.67. The van der Waals surface area contributed by atoms with E-state index in [4.69, 9.17) is 23.4 Å². The third kappa shape index (κ3) is 2.93. The van der Waals surface area contributed by atoms with Crippen molar-refractivity contribution >= 4 is 50.4 Å². The Kier molecular flexibility index (Phi) is 4.17. The molecule has 0 fully saturated rings. The van der Waals surface area contributed by atoms with Crippen LogP contribution in [0, 0.1) is 12.3 Å². The minimum Gasteiger partial charge on any atom is -0.376 e. The lowest BCUT2D eigenvalue weighted by Crippen LogP contribution is -2.33. The number of thiocarbonyl (C=S) groups is 1. The third-order valence-corrected chi connectivity index (χ3v) is 3.91. The Labute approximate surface area is 126 Å². The van der Waals surface area contributed by atoms with Gasteiger partial charge in [0.05, 0.1) is 12.9 Å². The molecule has 0 spiro atoms. The number of nitrogens with zero attached hydrogens (tertiary/aromatic N) is 1. The van der Waals surface area contributed by atoms with Gasteiger partial charge in [0.25, 0.3) is 0 Å². The molecule has 0 bridgehead atoms. The Morgan fingerprint density at radius 3 is 2.74 bits per heavy atom. The molecule has 0 aliphatic carbocycles. The van der Waals surface area contributed by atoms with Crippen LogP contribution < -0.4 is 5.73 Å². The summed E-state index contributed by atoms with van der Waals surface area (Å²) in [5.74, 6) is 0. The smallest absolute Gasteiger partial charge is 0.171 e. The van der Waals surface area contributed by atoms with Crippen molar-refractivity contribution in [2.45, 2.75) is 13.5 Å². The lowest BCUT2D eigenvalue weighted by Gasteiger charge is -2.18. The van der Waals surface area contributed by atoms with Crippen molar-refractivity contribution in [3.63, 3.8) is 0 Å². The minimum atomic E-state index is 0.207. The second-order valence-corrected chi connectivity index (χ2v) is 5.62. The first-order valence-corrected chi connectivity index (χ1v) is 6.97. The Balaban J connectivity index is 2.54. The minimum absolute atomic E-state index is 0.207. The second-order valence-electron chi connectivity index (χ2n) is 4.35. The van der Waals surface area contributed by atoms with E-state index in [0.29, 0.717) is 6.54 Å². The predicted octanol–water partition coefficient (Wildman–Crippen LogP) is 3.56. The highest BCUT2D eigenvalue weighted by Gasteiger charge is 2.09. The lowest BCUT2D eigenvalue weighted by atomic mass is 10.0. The van der Waals surface area contributed by atoms with E-state index in [-0.39, 0.29) is 5.11 Å². The molecule has 2 aromatic carbocycles. The van der Waals surface area contributed by atoms with Crippen LogP contribution in [0.1, 0.15) is 11.1 Å². The molecular formula is C14H14BrN3S. The topological polar surface area (TPSA) is 53.1 Å². The molecule has 3 nitrogen and oxygen atoms in total. The first-order chi connectivity index (χ1) is 9.02. The van der Waals surface area contributed by atoms with Gasteiger partial charge in [0.1, 0.15) is 0 Å². The number of fused-ring (bicyclic) bond motifs is 1. The van der Waals surface area contributed by atoms with Gasteiger partial charge in [-0.2, -0.15) is 0 Å². The Morgan fingerprint density at radius 2 is 2.11 bits per heavy atom. The van der Waals surface area contributed by atoms with Crippen molar-refractivity contribution in [2.24, 2.45) is 5.73 Å². The molecule has 0 unspecified atom stereocenters. The van der Waals surface area contributed by atoms with Crippen LogP contribution >= 0.6 is 28.1 Å². The predicted molar refractivity (Wildman–Crippen MR) is 87.5 cm³/mol. The summed E-state index contributed by atoms with van der Waals surface area (Å²) in [5.41, 5.74) is 7.89. The van der Waals surface area contributed by atoms with Crippen LogP contribution in [0.2, 0.25) is 0 Å². The van der Waals surface area contributed by atoms with Crippen LogP contribution in [-0.2, 0) is 6.54 Å². The molecule has 98 valence electrons. The largest absolute Gasteiger partial charge is 0.376 e. The normalized spacial score (nSPS) is 10.4. The number of aryl methyl sites for hydroxylation is 1. The maximum absolute atomic E-state index is 7.36. The summed E-state index contributed by atoms with van der Waals surface area (Å²) in [6.07, 6.45) is 1.16. The van der Waals surface area contributed by atoms with Crippen molar-refractivity contribution in [1.82, 2.24) is 4.90 Å². The van der Waals surface area contributed by atoms with Crippen LogP contribution in [0.25, 0.3) is 10.8 Å². The molecule has 0 atom stereocenters. The summed E-state index contributed by atoms with van der Waals surface area (Å²) < 4.78 is 1.06. The summed E-state index contributed by atoms with van der Waals surface area (Å²) in [4.78, 5) is 1.54. The summed E-state index contributed by atoms with van der Waals surface area (Å²) in [5, 5.41) is 9.86. The number of nitrogens with two attached hydrogens (primary N) is 1. The number of benzene rings is 2. The van der Waals surface area contributed by atoms with Crippen molar-refractivity contribution in [1.29, 1.82) is 5.41 Å². The van der Waals surface area contributed by atoms with Crippen molar-refractivity contribution in [3.8, 4) is 0 Å². The zero-order valence-electron chi connectivity index (χ0n) is 10.5. The maximum Gasteiger partial charge on any atom is 0.171 e. The fraction of sp³-hybridized carbons (Fsp3) is 0.143. The first-order valence-electron chi connectivity index (χ1n) is 5.77. The van der Waals surface area contributed by atoms with Gasteiger partial charge in [-0.25, -0.2) is 0 Å². The molecule has 2 aromatic rings. The highest BCUT2D eigenvalue weighted by Crippen LogP contribution is 2.28. The molecule has 0 aliphatic heterocycles. The van der Waals surface area contributed by atoms with E-state index < -0.39 is 0 Å². The molecule has 0 aliphatic rings. The Hall–Kier alpha value is -1.46. The van der Waals surface area contributed by atoms with Crippen LogP contribution in [-0.4, -0.2) is 16.4 Å². The highest BCUT2D eigenvalue weighted by molar-refractivity contribution is 9.10. The van der Waals surface area contributed by atoms with Crippen LogP contribution in [0.5, 0.6) is 0 Å². The average molecular weight is 336 g/mol. The summed E-state index contributed by atoms with van der Waals surface area (Å²) in [7, 11) is 0. The number of halogens is 1. The molecule has 0 aromatic heterocycles. The molecule has 0 saturated heterocycles. The molecule has 19 heavy (non-hydrogen) atoms. The fourth-order valence-corrected chi connectivity index (χ4v) is 2.59. The van der Waals surface area contributed by atoms with Crippen molar-refractivity contribution < 1.29 is 0 Å². The average Bonchev–Trinajstić information content (AvgIpc) is 2.37. The lowest BCUT2D eigenvalue weighted by molar-refractivity contribution is 0.625. The quantitative estimate of drug-likeness (QED) is 0.512. The van der Waals surface area contributed by atoms with E-state index >= 15 is 0 Å². The molecule has 0 amide bonds. The van der Waals surface area contributed by atoms with E-state index in [2.05, 4.69) is 41.1 Å². The van der Waals surface area contributed by atoms with Crippen molar-refractivity contribution in [2.75, 3.05) is 0 Å². The van der Waals surface area contributed by atoms with E-state index in [1.807, 2.05) is 12.1 Å². The zero-order valence-corrected chi connectivity index (χ0v) is 12.9. The Morgan fingerprint density at radius 1 is 1.37 bits per heavy atom. The number of hydrogen-bond acceptors (Lipinski definition) is 2. The summed E-state index contributed by atoms with van der Waals surface area (Å²) >= 11 is 8.49. The summed E-state index contributed by atoms with van der Waals surface area (Å²) in [6.45, 7) is 2.57. The zero-order chi connectivity index (χ0) is 14.0. The van der Waals surface area contributed by atoms with E-state index in [9.17, 15) is 0 Å². The fourth-order valence-electron chi connectivity index (χ4n) is 1.99. The summed E-state index contributed by atoms with van der Waals surface area (Å²) in [6, 6.07) is 10.3. The van der Waals surface area contributed by atoms with Crippen molar-refractivity contribution in [3.05, 3.63) is 45.9 Å². The van der Waals surface area contributed by atoms with Gasteiger partial charge in [0, 0.05) is 4.47 Å². The van der Waals surface area contributed by atoms with Gasteiger partial charge in [-0.3, -0.25) is 5.41 Å². The molecule has 0 radical (unpaired) electrons. The van der Waals surface area contributed by atoms with Gasteiger partial charge in [0.2, 0.25) is 0 Å². The van der Waals surface area contributed by atoms with Crippen LogP contribution in [0.15, 0.2) is 34.8 Å². The van der Waals surface area contributed by atoms with Gasteiger partial charge >= 0.3 is 0 Å². The molecule has 5 heteroatoms. The highest BCUT2D eigenvalue weighted by atomic mass is 79.9. The van der Waals surface area contributed by atoms with Crippen LogP contribution in [0.3, 0.4) is 0 Å². The first kappa shape index (κ1) is 14.0. The van der Waals surface area contributed by atoms with Crippen LogP contribution in [0.4, 0.5) is 0 Å². The standard InChI is InChI=1S/C14H14BrN3S/c1-9-2-4-11-12(6-9)10(3-5-13(11)15)7-18(8-16)14(17)19/h2-6,8,16H,7H2,1H3,(H2,17,19). The molecule has 2 rings (SSSR count). The van der Waals surface area contributed by atoms with E-state index in [1.165, 1.54) is 5.56 Å².